The number of carboxylic acid groups (broad SMARTS) is 1. The highest BCUT2D eigenvalue weighted by atomic mass is 35.5. The monoisotopic (exact) mass is 262 g/mol. The number of carbonyl (C=O) groups is 1. The largest absolute Gasteiger partial charge is 0.478 e. The Morgan fingerprint density at radius 1 is 1.47 bits per heavy atom. The molecule has 1 N–H and O–H groups in total. The van der Waals surface area contributed by atoms with Crippen molar-refractivity contribution in [3.8, 4) is 0 Å². The summed E-state index contributed by atoms with van der Waals surface area (Å²) in [6, 6.07) is 6.77. The second-order valence-corrected chi connectivity index (χ2v) is 4.37. The van der Waals surface area contributed by atoms with Gasteiger partial charge in [-0.25, -0.2) is 4.79 Å². The molecule has 1 aromatic rings. The van der Waals surface area contributed by atoms with E-state index in [9.17, 15) is 4.79 Å². The topological polar surface area (TPSA) is 37.3 Å². The summed E-state index contributed by atoms with van der Waals surface area (Å²) in [5, 5.41) is 9.39. The van der Waals surface area contributed by atoms with E-state index in [0.29, 0.717) is 15.7 Å². The molecule has 5 heteroatoms. The molecular weight excluding hydrogens is 255 g/mol. The predicted molar refractivity (Wildman–Crippen MR) is 63.9 cm³/mol. The van der Waals surface area contributed by atoms with Gasteiger partial charge in [-0.05, 0) is 12.1 Å². The lowest BCUT2D eigenvalue weighted by Gasteiger charge is -2.04. The van der Waals surface area contributed by atoms with Crippen molar-refractivity contribution in [1.82, 2.24) is 0 Å². The molecule has 1 aromatic carbocycles. The zero-order chi connectivity index (χ0) is 11.3. The van der Waals surface area contributed by atoms with E-state index in [-0.39, 0.29) is 5.56 Å². The molecule has 0 spiro atoms. The van der Waals surface area contributed by atoms with E-state index in [1.54, 1.807) is 24.3 Å². The molecule has 0 aliphatic rings. The summed E-state index contributed by atoms with van der Waals surface area (Å²) in [5.74, 6) is -0.473. The Morgan fingerprint density at radius 2 is 2.13 bits per heavy atom. The van der Waals surface area contributed by atoms with Crippen molar-refractivity contribution in [1.29, 1.82) is 0 Å². The maximum absolute atomic E-state index is 10.8. The van der Waals surface area contributed by atoms with Gasteiger partial charge < -0.3 is 5.11 Å². The first-order valence-electron chi connectivity index (χ1n) is 4.05. The molecule has 2 nitrogen and oxygen atoms in total. The van der Waals surface area contributed by atoms with Crippen molar-refractivity contribution in [3.63, 3.8) is 0 Å². The maximum atomic E-state index is 10.8. The van der Waals surface area contributed by atoms with Crippen LogP contribution in [0.15, 0.2) is 39.7 Å². The molecule has 0 radical (unpaired) electrons. The molecule has 0 unspecified atom stereocenters. The van der Waals surface area contributed by atoms with Crippen molar-refractivity contribution >= 4 is 40.9 Å². The van der Waals surface area contributed by atoms with Gasteiger partial charge in [-0.2, -0.15) is 0 Å². The van der Waals surface area contributed by atoms with E-state index in [1.165, 1.54) is 17.3 Å². The number of hydrogen-bond acceptors (Lipinski definition) is 2. The van der Waals surface area contributed by atoms with Crippen LogP contribution >= 0.6 is 35.0 Å². The molecule has 15 heavy (non-hydrogen) atoms. The first-order chi connectivity index (χ1) is 7.15. The minimum Gasteiger partial charge on any atom is -0.478 e. The Balaban J connectivity index is 2.80. The Bertz CT molecular complexity index is 391. The van der Waals surface area contributed by atoms with Crippen molar-refractivity contribution in [2.24, 2.45) is 0 Å². The van der Waals surface area contributed by atoms with Gasteiger partial charge in [-0.3, -0.25) is 0 Å². The van der Waals surface area contributed by atoms with E-state index in [0.717, 1.165) is 0 Å². The number of hydrogen-bond donors (Lipinski definition) is 1. The van der Waals surface area contributed by atoms with Gasteiger partial charge in [0.05, 0.1) is 5.56 Å². The van der Waals surface area contributed by atoms with Gasteiger partial charge in [0.1, 0.15) is 0 Å². The maximum Gasteiger partial charge on any atom is 0.336 e. The Morgan fingerprint density at radius 3 is 2.73 bits per heavy atom. The van der Waals surface area contributed by atoms with E-state index in [1.807, 2.05) is 0 Å². The van der Waals surface area contributed by atoms with Crippen LogP contribution in [0.4, 0.5) is 0 Å². The summed E-state index contributed by atoms with van der Waals surface area (Å²) in [6.45, 7) is 0. The van der Waals surface area contributed by atoms with Crippen LogP contribution in [0.3, 0.4) is 0 Å². The van der Waals surface area contributed by atoms with Crippen molar-refractivity contribution in [3.05, 3.63) is 40.4 Å². The number of thioether (sulfide) groups is 1. The third-order valence-electron chi connectivity index (χ3n) is 1.60. The predicted octanol–water partition coefficient (Wildman–Crippen LogP) is 3.80. The van der Waals surface area contributed by atoms with Crippen LogP contribution in [0.25, 0.3) is 0 Å². The average molecular weight is 263 g/mol. The summed E-state index contributed by atoms with van der Waals surface area (Å²) in [7, 11) is 0. The van der Waals surface area contributed by atoms with Crippen LogP contribution in [0.5, 0.6) is 0 Å². The lowest BCUT2D eigenvalue weighted by Crippen LogP contribution is -1.98. The number of halogens is 2. The highest BCUT2D eigenvalue weighted by molar-refractivity contribution is 7.99. The van der Waals surface area contributed by atoms with Crippen LogP contribution in [0.1, 0.15) is 10.4 Å². The first kappa shape index (κ1) is 12.4. The van der Waals surface area contributed by atoms with Crippen molar-refractivity contribution < 1.29 is 9.90 Å². The molecule has 0 saturated heterocycles. The fraction of sp³-hybridized carbons (Fsp3) is 0.100. The van der Waals surface area contributed by atoms with Crippen LogP contribution in [-0.4, -0.2) is 16.8 Å². The Hall–Kier alpha value is -0.640. The van der Waals surface area contributed by atoms with E-state index < -0.39 is 5.97 Å². The summed E-state index contributed by atoms with van der Waals surface area (Å²) < 4.78 is 0. The van der Waals surface area contributed by atoms with Gasteiger partial charge in [-0.15, -0.1) is 11.8 Å². The van der Waals surface area contributed by atoms with Crippen LogP contribution < -0.4 is 0 Å². The van der Waals surface area contributed by atoms with Gasteiger partial charge in [-0.1, -0.05) is 35.3 Å². The molecule has 80 valence electrons. The number of rotatable bonds is 4. The highest BCUT2D eigenvalue weighted by Crippen LogP contribution is 2.25. The average Bonchev–Trinajstić information content (AvgIpc) is 2.26. The Labute approximate surface area is 102 Å². The Kier molecular flexibility index (Phi) is 5.02. The highest BCUT2D eigenvalue weighted by Gasteiger charge is 2.09. The van der Waals surface area contributed by atoms with Crippen LogP contribution in [-0.2, 0) is 0 Å². The first-order valence-corrected chi connectivity index (χ1v) is 5.85. The second kappa shape index (κ2) is 6.05. The summed E-state index contributed by atoms with van der Waals surface area (Å²) >= 11 is 12.4. The molecule has 0 bridgehead atoms. The standard InChI is InChI=1S/C10H8Cl2O2S/c11-5-7(12)6-15-9-4-2-1-3-8(9)10(13)14/h1-5H,6H2,(H,13,14). The molecule has 0 atom stereocenters. The van der Waals surface area contributed by atoms with Gasteiger partial charge in [0.25, 0.3) is 0 Å². The molecule has 0 amide bonds. The summed E-state index contributed by atoms with van der Waals surface area (Å²) in [4.78, 5) is 11.5. The van der Waals surface area contributed by atoms with Crippen LogP contribution in [0.2, 0.25) is 0 Å². The summed E-state index contributed by atoms with van der Waals surface area (Å²) in [6.07, 6.45) is 0. The molecule has 0 fully saturated rings. The zero-order valence-electron chi connectivity index (χ0n) is 7.61. The third-order valence-corrected chi connectivity index (χ3v) is 3.50. The molecule has 0 heterocycles. The van der Waals surface area contributed by atoms with Crippen molar-refractivity contribution in [2.75, 3.05) is 5.75 Å². The third kappa shape index (κ3) is 3.78. The van der Waals surface area contributed by atoms with E-state index in [2.05, 4.69) is 0 Å². The fourth-order valence-electron chi connectivity index (χ4n) is 0.947. The van der Waals surface area contributed by atoms with Gasteiger partial charge in [0.2, 0.25) is 0 Å². The second-order valence-electron chi connectivity index (χ2n) is 2.65. The fourth-order valence-corrected chi connectivity index (χ4v) is 2.14. The van der Waals surface area contributed by atoms with Gasteiger partial charge in [0, 0.05) is 21.2 Å². The van der Waals surface area contributed by atoms with E-state index in [4.69, 9.17) is 28.3 Å². The lowest BCUT2D eigenvalue weighted by molar-refractivity contribution is 0.0693. The van der Waals surface area contributed by atoms with Gasteiger partial charge >= 0.3 is 5.97 Å². The minimum atomic E-state index is -0.941. The molecule has 0 aromatic heterocycles. The number of benzene rings is 1. The molecule has 0 aliphatic carbocycles. The molecule has 0 aliphatic heterocycles. The number of carboxylic acids is 1. The molecular formula is C10H8Cl2O2S. The molecule has 1 rings (SSSR count). The lowest BCUT2D eigenvalue weighted by atomic mass is 10.2. The van der Waals surface area contributed by atoms with Crippen molar-refractivity contribution in [2.45, 2.75) is 4.90 Å². The zero-order valence-corrected chi connectivity index (χ0v) is 9.94. The normalized spacial score (nSPS) is 11.5. The number of aromatic carboxylic acids is 1. The van der Waals surface area contributed by atoms with Gasteiger partial charge in [0.15, 0.2) is 0 Å². The summed E-state index contributed by atoms with van der Waals surface area (Å²) in [5.41, 5.74) is 1.55. The molecule has 0 saturated carbocycles. The van der Waals surface area contributed by atoms with E-state index >= 15 is 0 Å². The SMILES string of the molecule is O=C(O)c1ccccc1SCC(Cl)=CCl. The minimum absolute atomic E-state index is 0.279. The smallest absolute Gasteiger partial charge is 0.336 e. The van der Waals surface area contributed by atoms with Crippen LogP contribution in [0, 0.1) is 0 Å². The quantitative estimate of drug-likeness (QED) is 0.839.